The standard InChI is InChI=1S/C21H23N3O3S/c1-3-16-5-7-17(8-6-16)23-18-9-14-21(22-15-18)24-28(25,26)20-12-10-19(11-13-20)27-4-2/h5-15,23H,3-4H2,1-2H3,(H,22,24). The minimum Gasteiger partial charge on any atom is -0.494 e. The predicted molar refractivity (Wildman–Crippen MR) is 112 cm³/mol. The smallest absolute Gasteiger partial charge is 0.263 e. The van der Waals surface area contributed by atoms with Gasteiger partial charge in [0, 0.05) is 5.69 Å². The van der Waals surface area contributed by atoms with E-state index in [2.05, 4.69) is 34.1 Å². The molecule has 0 amide bonds. The molecular formula is C21H23N3O3S. The molecule has 7 heteroatoms. The van der Waals surface area contributed by atoms with E-state index in [0.717, 1.165) is 17.8 Å². The van der Waals surface area contributed by atoms with Crippen LogP contribution in [0.1, 0.15) is 19.4 Å². The molecule has 0 bridgehead atoms. The van der Waals surface area contributed by atoms with E-state index >= 15 is 0 Å². The van der Waals surface area contributed by atoms with Crippen molar-refractivity contribution in [3.05, 3.63) is 72.4 Å². The average molecular weight is 398 g/mol. The zero-order valence-corrected chi connectivity index (χ0v) is 16.7. The summed E-state index contributed by atoms with van der Waals surface area (Å²) in [6, 6.07) is 17.8. The summed E-state index contributed by atoms with van der Waals surface area (Å²) in [6.07, 6.45) is 2.58. The van der Waals surface area contributed by atoms with E-state index in [1.807, 2.05) is 19.1 Å². The molecule has 0 fully saturated rings. The lowest BCUT2D eigenvalue weighted by Gasteiger charge is -2.10. The fraction of sp³-hybridized carbons (Fsp3) is 0.190. The first-order valence-corrected chi connectivity index (χ1v) is 10.6. The Kier molecular flexibility index (Phi) is 6.16. The highest BCUT2D eigenvalue weighted by atomic mass is 32.2. The normalized spacial score (nSPS) is 11.1. The second kappa shape index (κ2) is 8.75. The van der Waals surface area contributed by atoms with Crippen LogP contribution in [0.25, 0.3) is 0 Å². The van der Waals surface area contributed by atoms with E-state index in [4.69, 9.17) is 4.74 Å². The van der Waals surface area contributed by atoms with Crippen molar-refractivity contribution >= 4 is 27.2 Å². The number of ether oxygens (including phenoxy) is 1. The largest absolute Gasteiger partial charge is 0.494 e. The molecule has 0 spiro atoms. The molecule has 0 aliphatic heterocycles. The monoisotopic (exact) mass is 397 g/mol. The lowest BCUT2D eigenvalue weighted by molar-refractivity contribution is 0.340. The van der Waals surface area contributed by atoms with Crippen molar-refractivity contribution in [3.63, 3.8) is 0 Å². The molecule has 146 valence electrons. The Morgan fingerprint density at radius 1 is 0.893 bits per heavy atom. The van der Waals surface area contributed by atoms with Gasteiger partial charge >= 0.3 is 0 Å². The van der Waals surface area contributed by atoms with Crippen LogP contribution in [0.2, 0.25) is 0 Å². The van der Waals surface area contributed by atoms with Crippen LogP contribution in [0.5, 0.6) is 5.75 Å². The van der Waals surface area contributed by atoms with Crippen molar-refractivity contribution in [1.82, 2.24) is 4.98 Å². The third-order valence-electron chi connectivity index (χ3n) is 4.10. The SMILES string of the molecule is CCOc1ccc(S(=O)(=O)Nc2ccc(Nc3ccc(CC)cc3)cn2)cc1. The first-order chi connectivity index (χ1) is 13.5. The highest BCUT2D eigenvalue weighted by Crippen LogP contribution is 2.21. The van der Waals surface area contributed by atoms with Crippen LogP contribution >= 0.6 is 0 Å². The molecule has 2 aromatic carbocycles. The van der Waals surface area contributed by atoms with Crippen molar-refractivity contribution in [2.24, 2.45) is 0 Å². The first-order valence-electron chi connectivity index (χ1n) is 9.08. The van der Waals surface area contributed by atoms with Crippen LogP contribution in [-0.2, 0) is 16.4 Å². The van der Waals surface area contributed by atoms with Crippen molar-refractivity contribution in [3.8, 4) is 5.75 Å². The van der Waals surface area contributed by atoms with Crippen molar-refractivity contribution in [2.45, 2.75) is 25.2 Å². The van der Waals surface area contributed by atoms with Gasteiger partial charge in [0.1, 0.15) is 11.6 Å². The van der Waals surface area contributed by atoms with E-state index < -0.39 is 10.0 Å². The second-order valence-corrected chi connectivity index (χ2v) is 7.80. The number of nitrogens with zero attached hydrogens (tertiary/aromatic N) is 1. The van der Waals surface area contributed by atoms with Crippen LogP contribution in [0.4, 0.5) is 17.2 Å². The minimum atomic E-state index is -3.71. The Morgan fingerprint density at radius 3 is 2.14 bits per heavy atom. The third kappa shape index (κ3) is 5.01. The molecule has 0 radical (unpaired) electrons. The maximum atomic E-state index is 12.5. The molecule has 0 saturated carbocycles. The molecule has 0 atom stereocenters. The molecule has 6 nitrogen and oxygen atoms in total. The number of hydrogen-bond acceptors (Lipinski definition) is 5. The van der Waals surface area contributed by atoms with Crippen molar-refractivity contribution < 1.29 is 13.2 Å². The maximum absolute atomic E-state index is 12.5. The molecule has 0 aliphatic carbocycles. The number of hydrogen-bond donors (Lipinski definition) is 2. The first kappa shape index (κ1) is 19.7. The summed E-state index contributed by atoms with van der Waals surface area (Å²) in [6.45, 7) is 4.51. The molecule has 28 heavy (non-hydrogen) atoms. The number of rotatable bonds is 8. The van der Waals surface area contributed by atoms with Gasteiger partial charge in [-0.25, -0.2) is 13.4 Å². The quantitative estimate of drug-likeness (QED) is 0.581. The Balaban J connectivity index is 1.67. The van der Waals surface area contributed by atoms with Crippen LogP contribution in [0, 0.1) is 0 Å². The van der Waals surface area contributed by atoms with Gasteiger partial charge in [-0.1, -0.05) is 19.1 Å². The molecule has 0 unspecified atom stereocenters. The topological polar surface area (TPSA) is 80.3 Å². The Hall–Kier alpha value is -3.06. The number of aromatic nitrogens is 1. The predicted octanol–water partition coefficient (Wildman–Crippen LogP) is 4.59. The Bertz CT molecular complexity index is 1000. The van der Waals surface area contributed by atoms with Crippen molar-refractivity contribution in [2.75, 3.05) is 16.6 Å². The fourth-order valence-corrected chi connectivity index (χ4v) is 3.61. The second-order valence-electron chi connectivity index (χ2n) is 6.12. The highest BCUT2D eigenvalue weighted by Gasteiger charge is 2.15. The molecule has 1 aromatic heterocycles. The van der Waals surface area contributed by atoms with E-state index in [0.29, 0.717) is 12.4 Å². The number of pyridine rings is 1. The van der Waals surface area contributed by atoms with Crippen LogP contribution in [0.15, 0.2) is 71.8 Å². The van der Waals surface area contributed by atoms with Gasteiger partial charge in [-0.05, 0) is 67.4 Å². The van der Waals surface area contributed by atoms with Crippen molar-refractivity contribution in [1.29, 1.82) is 0 Å². The lowest BCUT2D eigenvalue weighted by Crippen LogP contribution is -2.13. The fourth-order valence-electron chi connectivity index (χ4n) is 2.60. The van der Waals surface area contributed by atoms with Gasteiger partial charge in [0.25, 0.3) is 10.0 Å². The summed E-state index contributed by atoms with van der Waals surface area (Å²) in [4.78, 5) is 4.34. The molecular weight excluding hydrogens is 374 g/mol. The third-order valence-corrected chi connectivity index (χ3v) is 5.47. The van der Waals surface area contributed by atoms with Crippen LogP contribution in [-0.4, -0.2) is 20.0 Å². The minimum absolute atomic E-state index is 0.149. The summed E-state index contributed by atoms with van der Waals surface area (Å²) >= 11 is 0. The van der Waals surface area contributed by atoms with Gasteiger partial charge in [-0.15, -0.1) is 0 Å². The molecule has 0 aliphatic rings. The molecule has 0 saturated heterocycles. The highest BCUT2D eigenvalue weighted by molar-refractivity contribution is 7.92. The molecule has 3 rings (SSSR count). The van der Waals surface area contributed by atoms with Gasteiger partial charge in [-0.3, -0.25) is 4.72 Å². The summed E-state index contributed by atoms with van der Waals surface area (Å²) in [5.74, 6) is 0.878. The molecule has 1 heterocycles. The van der Waals surface area contributed by atoms with E-state index in [-0.39, 0.29) is 10.7 Å². The van der Waals surface area contributed by atoms with Gasteiger partial charge < -0.3 is 10.1 Å². The zero-order valence-electron chi connectivity index (χ0n) is 15.8. The van der Waals surface area contributed by atoms with Crippen LogP contribution in [0.3, 0.4) is 0 Å². The number of sulfonamides is 1. The summed E-state index contributed by atoms with van der Waals surface area (Å²) in [7, 11) is -3.71. The van der Waals surface area contributed by atoms with E-state index in [9.17, 15) is 8.42 Å². The number of aryl methyl sites for hydroxylation is 1. The number of nitrogens with one attached hydrogen (secondary N) is 2. The zero-order chi connectivity index (χ0) is 20.0. The van der Waals surface area contributed by atoms with E-state index in [1.54, 1.807) is 30.5 Å². The Morgan fingerprint density at radius 2 is 1.57 bits per heavy atom. The summed E-state index contributed by atoms with van der Waals surface area (Å²) in [5.41, 5.74) is 2.98. The van der Waals surface area contributed by atoms with Gasteiger partial charge in [0.2, 0.25) is 0 Å². The average Bonchev–Trinajstić information content (AvgIpc) is 2.70. The lowest BCUT2D eigenvalue weighted by atomic mass is 10.1. The molecule has 3 aromatic rings. The summed E-state index contributed by atoms with van der Waals surface area (Å²) in [5, 5.41) is 3.24. The van der Waals surface area contributed by atoms with Crippen LogP contribution < -0.4 is 14.8 Å². The maximum Gasteiger partial charge on any atom is 0.263 e. The summed E-state index contributed by atoms with van der Waals surface area (Å²) < 4.78 is 32.8. The Labute approximate surface area is 165 Å². The van der Waals surface area contributed by atoms with Gasteiger partial charge in [0.05, 0.1) is 23.4 Å². The number of benzene rings is 2. The van der Waals surface area contributed by atoms with Gasteiger partial charge in [-0.2, -0.15) is 0 Å². The van der Waals surface area contributed by atoms with Gasteiger partial charge in [0.15, 0.2) is 0 Å². The number of anilines is 3. The van der Waals surface area contributed by atoms with E-state index in [1.165, 1.54) is 17.7 Å². The molecule has 2 N–H and O–H groups in total.